The SMILES string of the molecule is CSCCCC(CN)N(Cc1ccsc1)C1CC1. The first-order valence-electron chi connectivity index (χ1n) is 6.81. The highest BCUT2D eigenvalue weighted by atomic mass is 32.2. The minimum absolute atomic E-state index is 0.574. The van der Waals surface area contributed by atoms with Gasteiger partial charge in [-0.2, -0.15) is 23.1 Å². The van der Waals surface area contributed by atoms with Crippen molar-refractivity contribution in [1.82, 2.24) is 4.90 Å². The molecule has 1 aliphatic rings. The highest BCUT2D eigenvalue weighted by molar-refractivity contribution is 7.98. The summed E-state index contributed by atoms with van der Waals surface area (Å²) >= 11 is 3.73. The van der Waals surface area contributed by atoms with Crippen LogP contribution in [0.3, 0.4) is 0 Å². The highest BCUT2D eigenvalue weighted by Gasteiger charge is 2.33. The molecule has 1 saturated carbocycles. The third-order valence-corrected chi connectivity index (χ3v) is 5.02. The van der Waals surface area contributed by atoms with Crippen molar-refractivity contribution in [3.8, 4) is 0 Å². The van der Waals surface area contributed by atoms with E-state index >= 15 is 0 Å². The summed E-state index contributed by atoms with van der Waals surface area (Å²) in [5, 5.41) is 4.44. The molecule has 0 bridgehead atoms. The first-order chi connectivity index (χ1) is 8.85. The normalized spacial score (nSPS) is 17.3. The van der Waals surface area contributed by atoms with Crippen LogP contribution in [0.5, 0.6) is 0 Å². The molecular formula is C14H24N2S2. The van der Waals surface area contributed by atoms with E-state index in [1.165, 1.54) is 37.0 Å². The van der Waals surface area contributed by atoms with Gasteiger partial charge in [0.25, 0.3) is 0 Å². The van der Waals surface area contributed by atoms with Crippen LogP contribution < -0.4 is 5.73 Å². The van der Waals surface area contributed by atoms with Crippen LogP contribution in [-0.2, 0) is 6.54 Å². The van der Waals surface area contributed by atoms with Gasteiger partial charge in [-0.25, -0.2) is 0 Å². The van der Waals surface area contributed by atoms with Gasteiger partial charge in [0.1, 0.15) is 0 Å². The number of thioether (sulfide) groups is 1. The van der Waals surface area contributed by atoms with Gasteiger partial charge in [0.05, 0.1) is 0 Å². The van der Waals surface area contributed by atoms with Crippen molar-refractivity contribution < 1.29 is 0 Å². The molecule has 2 N–H and O–H groups in total. The van der Waals surface area contributed by atoms with Crippen molar-refractivity contribution in [2.75, 3.05) is 18.6 Å². The van der Waals surface area contributed by atoms with Crippen LogP contribution in [0.2, 0.25) is 0 Å². The maximum atomic E-state index is 6.00. The predicted molar refractivity (Wildman–Crippen MR) is 83.3 cm³/mol. The smallest absolute Gasteiger partial charge is 0.0248 e. The summed E-state index contributed by atoms with van der Waals surface area (Å²) in [7, 11) is 0. The molecule has 0 aromatic carbocycles. The lowest BCUT2D eigenvalue weighted by Gasteiger charge is -2.31. The van der Waals surface area contributed by atoms with Crippen LogP contribution in [0.4, 0.5) is 0 Å². The Morgan fingerprint density at radius 2 is 2.39 bits per heavy atom. The molecule has 1 heterocycles. The van der Waals surface area contributed by atoms with Gasteiger partial charge in [0, 0.05) is 25.2 Å². The van der Waals surface area contributed by atoms with Gasteiger partial charge in [0.15, 0.2) is 0 Å². The zero-order valence-electron chi connectivity index (χ0n) is 11.2. The van der Waals surface area contributed by atoms with Crippen LogP contribution >= 0.6 is 23.1 Å². The molecule has 18 heavy (non-hydrogen) atoms. The fourth-order valence-corrected chi connectivity index (χ4v) is 3.55. The van der Waals surface area contributed by atoms with Crippen molar-refractivity contribution in [2.24, 2.45) is 5.73 Å². The highest BCUT2D eigenvalue weighted by Crippen LogP contribution is 2.31. The van der Waals surface area contributed by atoms with Crippen LogP contribution in [0.1, 0.15) is 31.2 Å². The summed E-state index contributed by atoms with van der Waals surface area (Å²) in [5.74, 6) is 1.26. The maximum absolute atomic E-state index is 6.00. The molecule has 0 saturated heterocycles. The van der Waals surface area contributed by atoms with E-state index in [1.807, 2.05) is 11.8 Å². The molecule has 1 aromatic rings. The minimum Gasteiger partial charge on any atom is -0.329 e. The molecule has 1 unspecified atom stereocenters. The number of hydrogen-bond donors (Lipinski definition) is 1. The van der Waals surface area contributed by atoms with E-state index in [0.29, 0.717) is 6.04 Å². The minimum atomic E-state index is 0.574. The third kappa shape index (κ3) is 4.26. The van der Waals surface area contributed by atoms with Crippen LogP contribution in [0.25, 0.3) is 0 Å². The van der Waals surface area contributed by atoms with Crippen molar-refractivity contribution in [3.05, 3.63) is 22.4 Å². The largest absolute Gasteiger partial charge is 0.329 e. The van der Waals surface area contributed by atoms with E-state index in [9.17, 15) is 0 Å². The molecule has 102 valence electrons. The number of hydrogen-bond acceptors (Lipinski definition) is 4. The average molecular weight is 284 g/mol. The summed E-state index contributed by atoms with van der Waals surface area (Å²) in [6.45, 7) is 1.89. The van der Waals surface area contributed by atoms with E-state index in [2.05, 4.69) is 28.0 Å². The average Bonchev–Trinajstić information content (AvgIpc) is 3.10. The fourth-order valence-electron chi connectivity index (χ4n) is 2.44. The second-order valence-electron chi connectivity index (χ2n) is 5.06. The number of thiophene rings is 1. The van der Waals surface area contributed by atoms with Gasteiger partial charge in [0.2, 0.25) is 0 Å². The van der Waals surface area contributed by atoms with Gasteiger partial charge in [-0.3, -0.25) is 4.90 Å². The molecule has 4 heteroatoms. The monoisotopic (exact) mass is 284 g/mol. The quantitative estimate of drug-likeness (QED) is 0.706. The molecule has 0 radical (unpaired) electrons. The molecule has 1 aromatic heterocycles. The molecule has 2 rings (SSSR count). The van der Waals surface area contributed by atoms with E-state index in [-0.39, 0.29) is 0 Å². The zero-order valence-corrected chi connectivity index (χ0v) is 12.8. The summed E-state index contributed by atoms with van der Waals surface area (Å²) < 4.78 is 0. The molecule has 1 atom stereocenters. The fraction of sp³-hybridized carbons (Fsp3) is 0.714. The molecule has 0 spiro atoms. The number of rotatable bonds is 9. The summed E-state index contributed by atoms with van der Waals surface area (Å²) in [5.41, 5.74) is 7.46. The molecule has 0 aliphatic heterocycles. The van der Waals surface area contributed by atoms with Gasteiger partial charge >= 0.3 is 0 Å². The second-order valence-corrected chi connectivity index (χ2v) is 6.83. The van der Waals surface area contributed by atoms with E-state index < -0.39 is 0 Å². The molecule has 2 nitrogen and oxygen atoms in total. The van der Waals surface area contributed by atoms with Gasteiger partial charge in [-0.05, 0) is 60.1 Å². The summed E-state index contributed by atoms with van der Waals surface area (Å²) in [4.78, 5) is 2.66. The Kier molecular flexibility index (Phi) is 6.02. The van der Waals surface area contributed by atoms with E-state index in [0.717, 1.165) is 19.1 Å². The lowest BCUT2D eigenvalue weighted by Crippen LogP contribution is -2.41. The lowest BCUT2D eigenvalue weighted by molar-refractivity contribution is 0.171. The molecule has 1 aliphatic carbocycles. The Morgan fingerprint density at radius 3 is 2.94 bits per heavy atom. The topological polar surface area (TPSA) is 29.3 Å². The molecule has 0 amide bonds. The first kappa shape index (κ1) is 14.4. The first-order valence-corrected chi connectivity index (χ1v) is 9.14. The lowest BCUT2D eigenvalue weighted by atomic mass is 10.1. The second kappa shape index (κ2) is 7.53. The summed E-state index contributed by atoms with van der Waals surface area (Å²) in [6, 6.07) is 3.62. The maximum Gasteiger partial charge on any atom is 0.0248 e. The standard InChI is InChI=1S/C14H24N2S2/c1-17-7-2-3-14(9-15)16(13-4-5-13)10-12-6-8-18-11-12/h6,8,11,13-14H,2-5,7,9-10,15H2,1H3. The third-order valence-electron chi connectivity index (χ3n) is 3.59. The van der Waals surface area contributed by atoms with Crippen LogP contribution in [0, 0.1) is 0 Å². The predicted octanol–water partition coefficient (Wildman–Crippen LogP) is 3.18. The van der Waals surface area contributed by atoms with Crippen molar-refractivity contribution in [2.45, 2.75) is 44.3 Å². The Labute approximate surface area is 119 Å². The Bertz CT molecular complexity index is 323. The van der Waals surface area contributed by atoms with Crippen LogP contribution in [0.15, 0.2) is 16.8 Å². The van der Waals surface area contributed by atoms with Crippen molar-refractivity contribution >= 4 is 23.1 Å². The summed E-state index contributed by atoms with van der Waals surface area (Å²) in [6.07, 6.45) is 7.45. The number of nitrogens with two attached hydrogens (primary N) is 1. The van der Waals surface area contributed by atoms with Crippen LogP contribution in [-0.4, -0.2) is 35.5 Å². The molecule has 1 fully saturated rings. The van der Waals surface area contributed by atoms with Gasteiger partial charge in [-0.1, -0.05) is 0 Å². The van der Waals surface area contributed by atoms with Gasteiger partial charge in [-0.15, -0.1) is 0 Å². The Morgan fingerprint density at radius 1 is 1.56 bits per heavy atom. The van der Waals surface area contributed by atoms with E-state index in [4.69, 9.17) is 5.73 Å². The zero-order chi connectivity index (χ0) is 12.8. The van der Waals surface area contributed by atoms with Crippen molar-refractivity contribution in [3.63, 3.8) is 0 Å². The Balaban J connectivity index is 1.89. The molecular weight excluding hydrogens is 260 g/mol. The Hall–Kier alpha value is -0.0300. The number of nitrogens with zero attached hydrogens (tertiary/aromatic N) is 1. The van der Waals surface area contributed by atoms with E-state index in [1.54, 1.807) is 11.3 Å². The van der Waals surface area contributed by atoms with Gasteiger partial charge < -0.3 is 5.73 Å². The van der Waals surface area contributed by atoms with Crippen molar-refractivity contribution in [1.29, 1.82) is 0 Å².